The Balaban J connectivity index is 2.50. The summed E-state index contributed by atoms with van der Waals surface area (Å²) in [5, 5.41) is 9.81. The Bertz CT molecular complexity index is 474. The molecule has 0 saturated heterocycles. The van der Waals surface area contributed by atoms with Gasteiger partial charge in [-0.3, -0.25) is 9.00 Å². The number of esters is 1. The van der Waals surface area contributed by atoms with E-state index in [9.17, 15) is 14.1 Å². The molecule has 1 rings (SSSR count). The van der Waals surface area contributed by atoms with Crippen LogP contribution in [0, 0.1) is 6.92 Å². The molecule has 0 heterocycles. The standard InChI is InChI=1S/C15H22O4S/c1-11-5-7-13(8-6-11)20(18)10-12(16)9-14(17)19-15(2,3)4/h5-8,12,16H,9-10H2,1-4H3/t12-,20?/m0/s1. The molecule has 1 N–H and O–H groups in total. The van der Waals surface area contributed by atoms with Crippen LogP contribution in [0.25, 0.3) is 0 Å². The minimum absolute atomic E-state index is 0.0301. The lowest BCUT2D eigenvalue weighted by atomic mass is 10.2. The van der Waals surface area contributed by atoms with E-state index in [2.05, 4.69) is 0 Å². The highest BCUT2D eigenvalue weighted by Crippen LogP contribution is 2.12. The zero-order valence-electron chi connectivity index (χ0n) is 12.4. The summed E-state index contributed by atoms with van der Waals surface area (Å²) in [5.74, 6) is -0.451. The molecule has 112 valence electrons. The van der Waals surface area contributed by atoms with Crippen LogP contribution in [0.1, 0.15) is 32.8 Å². The van der Waals surface area contributed by atoms with E-state index in [4.69, 9.17) is 4.74 Å². The fraction of sp³-hybridized carbons (Fsp3) is 0.533. The second-order valence-electron chi connectivity index (χ2n) is 5.77. The molecule has 1 aromatic rings. The third-order valence-corrected chi connectivity index (χ3v) is 3.94. The summed E-state index contributed by atoms with van der Waals surface area (Å²) in [6, 6.07) is 7.28. The van der Waals surface area contributed by atoms with Gasteiger partial charge in [0.15, 0.2) is 0 Å². The van der Waals surface area contributed by atoms with Gasteiger partial charge in [-0.25, -0.2) is 0 Å². The zero-order chi connectivity index (χ0) is 15.3. The van der Waals surface area contributed by atoms with Crippen molar-refractivity contribution in [2.75, 3.05) is 5.75 Å². The third-order valence-electron chi connectivity index (χ3n) is 2.45. The van der Waals surface area contributed by atoms with Crippen LogP contribution >= 0.6 is 0 Å². The maximum Gasteiger partial charge on any atom is 0.308 e. The lowest BCUT2D eigenvalue weighted by Crippen LogP contribution is -2.28. The molecule has 1 unspecified atom stereocenters. The number of rotatable bonds is 5. The molecule has 0 fully saturated rings. The molecular weight excluding hydrogens is 276 g/mol. The molecule has 0 aliphatic carbocycles. The van der Waals surface area contributed by atoms with Crippen molar-refractivity contribution in [2.24, 2.45) is 0 Å². The third kappa shape index (κ3) is 6.30. The Morgan fingerprint density at radius 2 is 1.85 bits per heavy atom. The molecule has 20 heavy (non-hydrogen) atoms. The van der Waals surface area contributed by atoms with Crippen LogP contribution in [-0.2, 0) is 20.3 Å². The summed E-state index contributed by atoms with van der Waals surface area (Å²) in [6.07, 6.45) is -1.11. The maximum absolute atomic E-state index is 12.0. The van der Waals surface area contributed by atoms with Crippen molar-refractivity contribution in [1.29, 1.82) is 0 Å². The summed E-state index contributed by atoms with van der Waals surface area (Å²) < 4.78 is 17.1. The Labute approximate surface area is 122 Å². The molecule has 0 amide bonds. The molecule has 0 aromatic heterocycles. The summed E-state index contributed by atoms with van der Waals surface area (Å²) in [4.78, 5) is 12.2. The first-order valence-corrected chi connectivity index (χ1v) is 7.84. The molecule has 4 nitrogen and oxygen atoms in total. The van der Waals surface area contributed by atoms with Crippen molar-refractivity contribution in [2.45, 2.75) is 50.7 Å². The minimum atomic E-state index is -1.32. The fourth-order valence-corrected chi connectivity index (χ4v) is 2.69. The normalized spacial score (nSPS) is 14.7. The molecule has 0 aliphatic rings. The van der Waals surface area contributed by atoms with Gasteiger partial charge < -0.3 is 9.84 Å². The van der Waals surface area contributed by atoms with Crippen LogP contribution in [0.5, 0.6) is 0 Å². The van der Waals surface area contributed by atoms with Crippen LogP contribution in [0.4, 0.5) is 0 Å². The second kappa shape index (κ2) is 6.99. The molecule has 1 aromatic carbocycles. The SMILES string of the molecule is Cc1ccc(S(=O)C[C@@H](O)CC(=O)OC(C)(C)C)cc1. The largest absolute Gasteiger partial charge is 0.460 e. The van der Waals surface area contributed by atoms with Gasteiger partial charge in [0.2, 0.25) is 0 Å². The van der Waals surface area contributed by atoms with E-state index < -0.39 is 28.5 Å². The van der Waals surface area contributed by atoms with Crippen LogP contribution < -0.4 is 0 Å². The number of aryl methyl sites for hydroxylation is 1. The van der Waals surface area contributed by atoms with Crippen LogP contribution in [-0.4, -0.2) is 32.7 Å². The van der Waals surface area contributed by atoms with Crippen molar-refractivity contribution in [3.8, 4) is 0 Å². The Morgan fingerprint density at radius 1 is 1.30 bits per heavy atom. The van der Waals surface area contributed by atoms with Gasteiger partial charge in [-0.2, -0.15) is 0 Å². The number of aliphatic hydroxyl groups excluding tert-OH is 1. The van der Waals surface area contributed by atoms with E-state index in [0.29, 0.717) is 4.90 Å². The van der Waals surface area contributed by atoms with Gasteiger partial charge in [0, 0.05) is 4.90 Å². The van der Waals surface area contributed by atoms with Crippen molar-refractivity contribution >= 4 is 16.8 Å². The molecule has 0 radical (unpaired) electrons. The average molecular weight is 298 g/mol. The predicted octanol–water partition coefficient (Wildman–Crippen LogP) is 2.20. The molecule has 0 aliphatic heterocycles. The number of benzene rings is 1. The summed E-state index contributed by atoms with van der Waals surface area (Å²) in [5.41, 5.74) is 0.507. The van der Waals surface area contributed by atoms with Crippen molar-refractivity contribution in [3.63, 3.8) is 0 Å². The van der Waals surface area contributed by atoms with Gasteiger partial charge in [0.05, 0.1) is 29.1 Å². The van der Waals surface area contributed by atoms with Crippen molar-refractivity contribution < 1.29 is 18.8 Å². The van der Waals surface area contributed by atoms with E-state index in [-0.39, 0.29) is 12.2 Å². The summed E-state index contributed by atoms with van der Waals surface area (Å²) in [6.45, 7) is 7.25. The smallest absolute Gasteiger partial charge is 0.308 e. The highest BCUT2D eigenvalue weighted by atomic mass is 32.2. The first-order chi connectivity index (χ1) is 9.17. The Kier molecular flexibility index (Phi) is 5.89. The van der Waals surface area contributed by atoms with Gasteiger partial charge in [-0.1, -0.05) is 17.7 Å². The molecule has 0 bridgehead atoms. The number of ether oxygens (including phenoxy) is 1. The number of hydrogen-bond acceptors (Lipinski definition) is 4. The highest BCUT2D eigenvalue weighted by Gasteiger charge is 2.20. The zero-order valence-corrected chi connectivity index (χ0v) is 13.2. The van der Waals surface area contributed by atoms with Crippen LogP contribution in [0.3, 0.4) is 0 Å². The van der Waals surface area contributed by atoms with E-state index in [1.54, 1.807) is 32.9 Å². The topological polar surface area (TPSA) is 63.6 Å². The molecular formula is C15H22O4S. The van der Waals surface area contributed by atoms with Crippen LogP contribution in [0.15, 0.2) is 29.2 Å². The molecule has 0 spiro atoms. The van der Waals surface area contributed by atoms with Gasteiger partial charge in [0.1, 0.15) is 5.60 Å². The van der Waals surface area contributed by atoms with E-state index in [1.807, 2.05) is 19.1 Å². The maximum atomic E-state index is 12.0. The predicted molar refractivity (Wildman–Crippen MR) is 78.9 cm³/mol. The number of carbonyl (C=O) groups is 1. The van der Waals surface area contributed by atoms with Crippen molar-refractivity contribution in [3.05, 3.63) is 29.8 Å². The number of aliphatic hydroxyl groups is 1. The Morgan fingerprint density at radius 3 is 2.35 bits per heavy atom. The molecule has 0 saturated carbocycles. The Hall–Kier alpha value is -1.20. The number of carbonyl (C=O) groups excluding carboxylic acids is 1. The lowest BCUT2D eigenvalue weighted by molar-refractivity contribution is -0.156. The average Bonchev–Trinajstić information content (AvgIpc) is 2.26. The summed E-state index contributed by atoms with van der Waals surface area (Å²) >= 11 is 0. The summed E-state index contributed by atoms with van der Waals surface area (Å²) in [7, 11) is -1.32. The van der Waals surface area contributed by atoms with Gasteiger partial charge in [-0.15, -0.1) is 0 Å². The molecule has 2 atom stereocenters. The van der Waals surface area contributed by atoms with Gasteiger partial charge >= 0.3 is 5.97 Å². The van der Waals surface area contributed by atoms with Gasteiger partial charge in [0.25, 0.3) is 0 Å². The lowest BCUT2D eigenvalue weighted by Gasteiger charge is -2.20. The quantitative estimate of drug-likeness (QED) is 0.846. The second-order valence-corrected chi connectivity index (χ2v) is 7.27. The monoisotopic (exact) mass is 298 g/mol. The first kappa shape index (κ1) is 16.9. The van der Waals surface area contributed by atoms with E-state index in [1.165, 1.54) is 0 Å². The highest BCUT2D eigenvalue weighted by molar-refractivity contribution is 7.85. The van der Waals surface area contributed by atoms with Gasteiger partial charge in [-0.05, 0) is 39.8 Å². The fourth-order valence-electron chi connectivity index (χ4n) is 1.60. The van der Waals surface area contributed by atoms with Crippen LogP contribution in [0.2, 0.25) is 0 Å². The number of hydrogen-bond donors (Lipinski definition) is 1. The molecule has 5 heteroatoms. The minimum Gasteiger partial charge on any atom is -0.460 e. The van der Waals surface area contributed by atoms with Crippen molar-refractivity contribution in [1.82, 2.24) is 0 Å². The first-order valence-electron chi connectivity index (χ1n) is 6.52. The van der Waals surface area contributed by atoms with E-state index >= 15 is 0 Å². The van der Waals surface area contributed by atoms with E-state index in [0.717, 1.165) is 5.56 Å².